The van der Waals surface area contributed by atoms with E-state index in [0.29, 0.717) is 11.3 Å². The molecular weight excluding hydrogens is 436 g/mol. The van der Waals surface area contributed by atoms with Gasteiger partial charge < -0.3 is 15.5 Å². The van der Waals surface area contributed by atoms with E-state index in [-0.39, 0.29) is 11.8 Å². The molecule has 0 amide bonds. The number of nitrogens with zero attached hydrogens (tertiary/aromatic N) is 2. The first-order chi connectivity index (χ1) is 15.7. The smallest absolute Gasteiger partial charge is 0.205 e. The van der Waals surface area contributed by atoms with E-state index in [1.54, 1.807) is 23.1 Å². The number of aromatic nitrogens is 2. The normalized spacial score (nSPS) is 15.5. The molecule has 0 saturated carbocycles. The molecule has 1 aliphatic heterocycles. The number of thiazole rings is 1. The van der Waals surface area contributed by atoms with E-state index in [2.05, 4.69) is 29.3 Å². The molecule has 0 aliphatic carbocycles. The largest absolute Gasteiger partial charge is 0.440 e. The van der Waals surface area contributed by atoms with Crippen LogP contribution in [0.15, 0.2) is 93.6 Å². The quantitative estimate of drug-likeness (QED) is 0.343. The van der Waals surface area contributed by atoms with Gasteiger partial charge in [-0.25, -0.2) is 4.98 Å². The summed E-state index contributed by atoms with van der Waals surface area (Å²) in [6.45, 7) is 0. The Morgan fingerprint density at radius 1 is 1.06 bits per heavy atom. The van der Waals surface area contributed by atoms with Crippen LogP contribution in [0.1, 0.15) is 17.0 Å². The third kappa shape index (κ3) is 3.04. The maximum absolute atomic E-state index is 9.92. The monoisotopic (exact) mass is 452 g/mol. The second-order valence-corrected chi connectivity index (χ2v) is 9.81. The van der Waals surface area contributed by atoms with Crippen LogP contribution in [-0.2, 0) is 0 Å². The van der Waals surface area contributed by atoms with Crippen molar-refractivity contribution in [3.8, 4) is 11.8 Å². The molecule has 0 fully saturated rings. The standard InChI is InChI=1S/C25H16N4OS2/c26-12-17-23(18-13-28-19-6-2-1-5-15(18)19)16-11-14(9-10-21(16)30-24(17)27)31-25-29-20-7-3-4-8-22(20)32-25/h1-11,13,23,28H,27H2. The number of nitrogens with one attached hydrogen (secondary N) is 1. The molecule has 0 saturated heterocycles. The molecule has 2 aromatic heterocycles. The molecule has 5 aromatic rings. The average Bonchev–Trinajstić information content (AvgIpc) is 3.42. The first-order valence-electron chi connectivity index (χ1n) is 10.0. The molecule has 154 valence electrons. The summed E-state index contributed by atoms with van der Waals surface area (Å²) < 4.78 is 7.97. The highest BCUT2D eigenvalue weighted by Crippen LogP contribution is 2.46. The Morgan fingerprint density at radius 3 is 2.78 bits per heavy atom. The molecule has 3 N–H and O–H groups in total. The number of H-pyrrole nitrogens is 1. The van der Waals surface area contributed by atoms with Crippen molar-refractivity contribution in [3.05, 3.63) is 95.5 Å². The van der Waals surface area contributed by atoms with Crippen molar-refractivity contribution in [2.24, 2.45) is 5.73 Å². The number of nitrogens with two attached hydrogens (primary N) is 1. The van der Waals surface area contributed by atoms with Crippen LogP contribution in [0.25, 0.3) is 21.1 Å². The Labute approximate surface area is 192 Å². The summed E-state index contributed by atoms with van der Waals surface area (Å²) in [5.74, 6) is 0.517. The van der Waals surface area contributed by atoms with Gasteiger partial charge in [0.05, 0.1) is 16.1 Å². The predicted molar refractivity (Wildman–Crippen MR) is 128 cm³/mol. The minimum Gasteiger partial charge on any atom is -0.440 e. The van der Waals surface area contributed by atoms with E-state index in [1.165, 1.54) is 0 Å². The molecule has 6 rings (SSSR count). The number of hydrogen-bond donors (Lipinski definition) is 2. The summed E-state index contributed by atoms with van der Waals surface area (Å²) >= 11 is 3.28. The Kier molecular flexibility index (Phi) is 4.42. The minimum atomic E-state index is -0.309. The zero-order valence-corrected chi connectivity index (χ0v) is 18.3. The summed E-state index contributed by atoms with van der Waals surface area (Å²) in [4.78, 5) is 9.09. The van der Waals surface area contributed by atoms with Gasteiger partial charge in [-0.05, 0) is 42.0 Å². The van der Waals surface area contributed by atoms with E-state index < -0.39 is 0 Å². The number of hydrogen-bond acceptors (Lipinski definition) is 6. The molecule has 1 unspecified atom stereocenters. The van der Waals surface area contributed by atoms with Gasteiger partial charge in [0.2, 0.25) is 5.88 Å². The van der Waals surface area contributed by atoms with Crippen LogP contribution in [0.2, 0.25) is 0 Å². The summed E-state index contributed by atoms with van der Waals surface area (Å²) in [5, 5.41) is 11.0. The van der Waals surface area contributed by atoms with Crippen LogP contribution in [0, 0.1) is 11.3 Å². The second kappa shape index (κ2) is 7.45. The lowest BCUT2D eigenvalue weighted by molar-refractivity contribution is 0.393. The summed E-state index contributed by atoms with van der Waals surface area (Å²) in [6.07, 6.45) is 1.96. The van der Waals surface area contributed by atoms with Crippen molar-refractivity contribution >= 4 is 44.2 Å². The average molecular weight is 453 g/mol. The Bertz CT molecular complexity index is 1540. The number of aromatic amines is 1. The van der Waals surface area contributed by atoms with Crippen molar-refractivity contribution in [1.29, 1.82) is 5.26 Å². The van der Waals surface area contributed by atoms with Gasteiger partial charge in [-0.3, -0.25) is 0 Å². The highest BCUT2D eigenvalue weighted by Gasteiger charge is 2.32. The van der Waals surface area contributed by atoms with E-state index >= 15 is 0 Å². The molecule has 3 aromatic carbocycles. The molecule has 0 bridgehead atoms. The number of benzene rings is 3. The maximum Gasteiger partial charge on any atom is 0.205 e. The van der Waals surface area contributed by atoms with Crippen LogP contribution in [-0.4, -0.2) is 9.97 Å². The molecule has 3 heterocycles. The molecule has 5 nitrogen and oxygen atoms in total. The number of allylic oxidation sites excluding steroid dienone is 1. The Balaban J connectivity index is 1.47. The van der Waals surface area contributed by atoms with E-state index in [0.717, 1.165) is 41.5 Å². The van der Waals surface area contributed by atoms with E-state index in [4.69, 9.17) is 15.5 Å². The Hall–Kier alpha value is -3.73. The first-order valence-corrected chi connectivity index (χ1v) is 11.7. The van der Waals surface area contributed by atoms with E-state index in [1.807, 2.05) is 54.7 Å². The maximum atomic E-state index is 9.92. The number of rotatable bonds is 3. The van der Waals surface area contributed by atoms with Crippen molar-refractivity contribution in [3.63, 3.8) is 0 Å². The highest BCUT2D eigenvalue weighted by atomic mass is 32.2. The number of fused-ring (bicyclic) bond motifs is 3. The third-order valence-corrected chi connectivity index (χ3v) is 7.69. The van der Waals surface area contributed by atoms with Gasteiger partial charge in [0, 0.05) is 27.6 Å². The van der Waals surface area contributed by atoms with Crippen molar-refractivity contribution in [1.82, 2.24) is 9.97 Å². The van der Waals surface area contributed by atoms with Gasteiger partial charge in [-0.15, -0.1) is 11.3 Å². The molecule has 0 spiro atoms. The third-order valence-electron chi connectivity index (χ3n) is 5.60. The second-order valence-electron chi connectivity index (χ2n) is 7.46. The van der Waals surface area contributed by atoms with Gasteiger partial charge >= 0.3 is 0 Å². The molecule has 1 aliphatic rings. The number of ether oxygens (including phenoxy) is 1. The van der Waals surface area contributed by atoms with Crippen molar-refractivity contribution in [2.45, 2.75) is 15.2 Å². The van der Waals surface area contributed by atoms with Gasteiger partial charge in [0.1, 0.15) is 17.4 Å². The van der Waals surface area contributed by atoms with Crippen molar-refractivity contribution < 1.29 is 4.74 Å². The van der Waals surface area contributed by atoms with Crippen molar-refractivity contribution in [2.75, 3.05) is 0 Å². The lowest BCUT2D eigenvalue weighted by atomic mass is 9.83. The fourth-order valence-electron chi connectivity index (χ4n) is 4.15. The topological polar surface area (TPSA) is 87.7 Å². The van der Waals surface area contributed by atoms with Crippen LogP contribution < -0.4 is 10.5 Å². The summed E-state index contributed by atoms with van der Waals surface area (Å²) in [6, 6.07) is 24.5. The van der Waals surface area contributed by atoms with E-state index in [9.17, 15) is 5.26 Å². The molecule has 7 heteroatoms. The number of nitriles is 1. The van der Waals surface area contributed by atoms with Crippen LogP contribution >= 0.6 is 23.1 Å². The van der Waals surface area contributed by atoms with Gasteiger partial charge in [-0.2, -0.15) is 5.26 Å². The number of para-hydroxylation sites is 2. The first kappa shape index (κ1) is 19.0. The van der Waals surface area contributed by atoms with Gasteiger partial charge in [0.25, 0.3) is 0 Å². The summed E-state index contributed by atoms with van der Waals surface area (Å²) in [7, 11) is 0. The molecule has 32 heavy (non-hydrogen) atoms. The fraction of sp³-hybridized carbons (Fsp3) is 0.0400. The Morgan fingerprint density at radius 2 is 1.91 bits per heavy atom. The molecule has 0 radical (unpaired) electrons. The SMILES string of the molecule is N#CC1=C(N)Oc2ccc(Sc3nc4ccccc4s3)cc2C1c1c[nH]c2ccccc12. The molecular formula is C25H16N4OS2. The van der Waals surface area contributed by atoms with Gasteiger partial charge in [-0.1, -0.05) is 42.1 Å². The van der Waals surface area contributed by atoms with Gasteiger partial charge in [0.15, 0.2) is 4.34 Å². The predicted octanol–water partition coefficient (Wildman–Crippen LogP) is 6.15. The fourth-order valence-corrected chi connectivity index (χ4v) is 6.24. The summed E-state index contributed by atoms with van der Waals surface area (Å²) in [5.41, 5.74) is 10.5. The van der Waals surface area contributed by atoms with Crippen LogP contribution in [0.4, 0.5) is 0 Å². The molecule has 1 atom stereocenters. The lowest BCUT2D eigenvalue weighted by Gasteiger charge is -2.26. The minimum absolute atomic E-state index is 0.154. The van der Waals surface area contributed by atoms with Crippen LogP contribution in [0.3, 0.4) is 0 Å². The van der Waals surface area contributed by atoms with Crippen LogP contribution in [0.5, 0.6) is 5.75 Å². The zero-order valence-electron chi connectivity index (χ0n) is 16.7. The lowest BCUT2D eigenvalue weighted by Crippen LogP contribution is -2.21. The zero-order chi connectivity index (χ0) is 21.7. The highest BCUT2D eigenvalue weighted by molar-refractivity contribution is 8.01.